The van der Waals surface area contributed by atoms with E-state index in [2.05, 4.69) is 20.8 Å². The third kappa shape index (κ3) is 4.86. The van der Waals surface area contributed by atoms with E-state index in [0.717, 1.165) is 5.56 Å². The molecule has 0 spiro atoms. The summed E-state index contributed by atoms with van der Waals surface area (Å²) in [5.74, 6) is -0.276. The highest BCUT2D eigenvalue weighted by molar-refractivity contribution is 6.33. The molecule has 0 fully saturated rings. The van der Waals surface area contributed by atoms with Crippen LogP contribution in [-0.2, 0) is 0 Å². The van der Waals surface area contributed by atoms with Crippen molar-refractivity contribution < 1.29 is 14.5 Å². The number of amides is 3. The van der Waals surface area contributed by atoms with Crippen LogP contribution in [0.2, 0.25) is 0 Å². The first-order chi connectivity index (χ1) is 17.1. The fourth-order valence-electron chi connectivity index (χ4n) is 4.12. The number of nitro groups is 1. The summed E-state index contributed by atoms with van der Waals surface area (Å²) >= 11 is 0. The molecule has 186 valence electrons. The van der Waals surface area contributed by atoms with Crippen molar-refractivity contribution >= 4 is 29.2 Å². The molecule has 2 heterocycles. The Morgan fingerprint density at radius 2 is 1.75 bits per heavy atom. The van der Waals surface area contributed by atoms with E-state index in [4.69, 9.17) is 0 Å². The molecule has 2 aliphatic heterocycles. The Bertz CT molecular complexity index is 1280. The van der Waals surface area contributed by atoms with Gasteiger partial charge in [0.15, 0.2) is 5.84 Å². The summed E-state index contributed by atoms with van der Waals surface area (Å²) in [5.41, 5.74) is 1.40. The fourth-order valence-corrected chi connectivity index (χ4v) is 4.12. The zero-order valence-corrected chi connectivity index (χ0v) is 20.4. The molecule has 3 amide bonds. The first-order valence-corrected chi connectivity index (χ1v) is 11.3. The Morgan fingerprint density at radius 3 is 2.36 bits per heavy atom. The van der Waals surface area contributed by atoms with Crippen LogP contribution in [0.5, 0.6) is 0 Å². The molecule has 2 aromatic carbocycles. The Hall–Kier alpha value is -4.38. The number of nitrogens with one attached hydrogen (secondary N) is 2. The van der Waals surface area contributed by atoms with Gasteiger partial charge in [-0.2, -0.15) is 5.10 Å². The number of likely N-dealkylation sites (N-methyl/N-ethyl adjacent to an activating group) is 1. The molecule has 0 aromatic heterocycles. The molecule has 0 saturated carbocycles. The number of nitro benzene ring substituents is 1. The monoisotopic (exact) mass is 489 g/mol. The smallest absolute Gasteiger partial charge is 0.322 e. The summed E-state index contributed by atoms with van der Waals surface area (Å²) in [6.07, 6.45) is 1.63. The van der Waals surface area contributed by atoms with Gasteiger partial charge in [-0.1, -0.05) is 30.3 Å². The molecule has 0 aliphatic carbocycles. The van der Waals surface area contributed by atoms with Crippen LogP contribution in [0.25, 0.3) is 0 Å². The molecular formula is C25H27N7O4. The summed E-state index contributed by atoms with van der Waals surface area (Å²) in [7, 11) is 3.89. The van der Waals surface area contributed by atoms with Gasteiger partial charge in [-0.3, -0.25) is 19.8 Å². The SMILES string of the molecule is CN(C)C[C@H](NC(=O)N1C=C2C(NC(=O)c3ccc([N+](=O)[O-])cc3)=NN=C2C1(C)C)c1ccccc1. The average Bonchev–Trinajstić information content (AvgIpc) is 3.36. The number of benzene rings is 2. The first kappa shape index (κ1) is 24.7. The van der Waals surface area contributed by atoms with E-state index < -0.39 is 16.4 Å². The van der Waals surface area contributed by atoms with Crippen molar-refractivity contribution in [3.8, 4) is 0 Å². The maximum atomic E-state index is 13.4. The number of carbonyl (C=O) groups is 2. The van der Waals surface area contributed by atoms with Gasteiger partial charge in [0.1, 0.15) is 5.71 Å². The molecule has 0 saturated heterocycles. The van der Waals surface area contributed by atoms with Crippen LogP contribution in [0.15, 0.2) is 76.6 Å². The number of hydrogen-bond donors (Lipinski definition) is 2. The Morgan fingerprint density at radius 1 is 1.08 bits per heavy atom. The van der Waals surface area contributed by atoms with Crippen molar-refractivity contribution in [2.24, 2.45) is 10.2 Å². The van der Waals surface area contributed by atoms with E-state index in [-0.39, 0.29) is 29.2 Å². The maximum absolute atomic E-state index is 13.4. The number of nitrogens with zero attached hydrogens (tertiary/aromatic N) is 5. The summed E-state index contributed by atoms with van der Waals surface area (Å²) in [4.78, 5) is 40.0. The average molecular weight is 490 g/mol. The molecule has 2 aliphatic rings. The van der Waals surface area contributed by atoms with Crippen LogP contribution >= 0.6 is 0 Å². The van der Waals surface area contributed by atoms with Crippen molar-refractivity contribution in [2.45, 2.75) is 25.4 Å². The Balaban J connectivity index is 1.51. The van der Waals surface area contributed by atoms with E-state index in [1.165, 1.54) is 24.3 Å². The number of non-ortho nitro benzene ring substituents is 1. The summed E-state index contributed by atoms with van der Waals surface area (Å²) in [5, 5.41) is 25.0. The largest absolute Gasteiger partial charge is 0.330 e. The number of amidine groups is 1. The van der Waals surface area contributed by atoms with Crippen molar-refractivity contribution in [1.29, 1.82) is 0 Å². The van der Waals surface area contributed by atoms with E-state index in [9.17, 15) is 19.7 Å². The third-order valence-electron chi connectivity index (χ3n) is 6.04. The maximum Gasteiger partial charge on any atom is 0.322 e. The van der Waals surface area contributed by atoms with E-state index in [1.807, 2.05) is 63.2 Å². The summed E-state index contributed by atoms with van der Waals surface area (Å²) in [6.45, 7) is 4.32. The molecule has 0 radical (unpaired) electrons. The zero-order valence-electron chi connectivity index (χ0n) is 20.4. The summed E-state index contributed by atoms with van der Waals surface area (Å²) < 4.78 is 0. The van der Waals surface area contributed by atoms with Crippen LogP contribution in [0, 0.1) is 10.1 Å². The van der Waals surface area contributed by atoms with Crippen molar-refractivity contribution in [3.63, 3.8) is 0 Å². The number of hydrogen-bond acceptors (Lipinski definition) is 7. The minimum absolute atomic E-state index is 0.111. The third-order valence-corrected chi connectivity index (χ3v) is 6.04. The van der Waals surface area contributed by atoms with Gasteiger partial charge in [-0.05, 0) is 45.6 Å². The van der Waals surface area contributed by atoms with Gasteiger partial charge in [0.2, 0.25) is 0 Å². The minimum Gasteiger partial charge on any atom is -0.330 e. The van der Waals surface area contributed by atoms with Crippen molar-refractivity contribution in [2.75, 3.05) is 20.6 Å². The fraction of sp³-hybridized carbons (Fsp3) is 0.280. The van der Waals surface area contributed by atoms with Gasteiger partial charge in [-0.15, -0.1) is 5.10 Å². The van der Waals surface area contributed by atoms with E-state index in [0.29, 0.717) is 17.8 Å². The van der Waals surface area contributed by atoms with Gasteiger partial charge in [0.25, 0.3) is 11.6 Å². The molecular weight excluding hydrogens is 462 g/mol. The number of fused-ring (bicyclic) bond motifs is 1. The molecule has 2 N–H and O–H groups in total. The van der Waals surface area contributed by atoms with Gasteiger partial charge >= 0.3 is 6.03 Å². The van der Waals surface area contributed by atoms with Gasteiger partial charge in [0, 0.05) is 30.4 Å². The molecule has 11 nitrogen and oxygen atoms in total. The van der Waals surface area contributed by atoms with Crippen molar-refractivity contribution in [1.82, 2.24) is 20.4 Å². The predicted octanol–water partition coefficient (Wildman–Crippen LogP) is 3.08. The highest BCUT2D eigenvalue weighted by Gasteiger charge is 2.46. The topological polar surface area (TPSA) is 133 Å². The van der Waals surface area contributed by atoms with Gasteiger partial charge < -0.3 is 15.5 Å². The molecule has 36 heavy (non-hydrogen) atoms. The molecule has 2 aromatic rings. The van der Waals surface area contributed by atoms with Crippen LogP contribution in [0.1, 0.15) is 35.8 Å². The molecule has 1 atom stereocenters. The lowest BCUT2D eigenvalue weighted by atomic mass is 9.95. The Kier molecular flexibility index (Phi) is 6.67. The van der Waals surface area contributed by atoms with Crippen LogP contribution in [-0.4, -0.2) is 64.4 Å². The summed E-state index contributed by atoms with van der Waals surface area (Å²) in [6, 6.07) is 14.4. The molecule has 4 rings (SSSR count). The van der Waals surface area contributed by atoms with Crippen LogP contribution in [0.4, 0.5) is 10.5 Å². The van der Waals surface area contributed by atoms with Gasteiger partial charge in [-0.25, -0.2) is 4.79 Å². The Labute approximate surface area is 208 Å². The highest BCUT2D eigenvalue weighted by Crippen LogP contribution is 2.33. The van der Waals surface area contributed by atoms with Gasteiger partial charge in [0.05, 0.1) is 22.1 Å². The predicted molar refractivity (Wildman–Crippen MR) is 136 cm³/mol. The lowest BCUT2D eigenvalue weighted by Gasteiger charge is -2.33. The lowest BCUT2D eigenvalue weighted by molar-refractivity contribution is -0.384. The zero-order chi connectivity index (χ0) is 26.0. The van der Waals surface area contributed by atoms with Crippen LogP contribution < -0.4 is 10.6 Å². The normalized spacial score (nSPS) is 16.6. The second-order valence-corrected chi connectivity index (χ2v) is 9.30. The number of carbonyl (C=O) groups excluding carboxylic acids is 2. The number of urea groups is 1. The van der Waals surface area contributed by atoms with E-state index in [1.54, 1.807) is 11.1 Å². The second-order valence-electron chi connectivity index (χ2n) is 9.30. The minimum atomic E-state index is -0.803. The van der Waals surface area contributed by atoms with Crippen LogP contribution in [0.3, 0.4) is 0 Å². The second kappa shape index (κ2) is 9.70. The molecule has 0 bridgehead atoms. The first-order valence-electron chi connectivity index (χ1n) is 11.3. The highest BCUT2D eigenvalue weighted by atomic mass is 16.6. The van der Waals surface area contributed by atoms with Crippen molar-refractivity contribution in [3.05, 3.63) is 87.6 Å². The lowest BCUT2D eigenvalue weighted by Crippen LogP contribution is -2.51. The van der Waals surface area contributed by atoms with E-state index >= 15 is 0 Å². The number of rotatable bonds is 6. The quantitative estimate of drug-likeness (QED) is 0.475. The standard InChI is InChI=1S/C25H27N7O4/c1-25(2)21-19(22(29-28-21)27-23(33)17-10-12-18(13-11-17)32(35)36)14-31(25)24(34)26-20(15-30(3)4)16-8-6-5-7-9-16/h5-14,20H,15H2,1-4H3,(H,26,34)(H,27,29,33)/t20-/m0/s1. The molecule has 11 heteroatoms. The molecule has 0 unspecified atom stereocenters.